The van der Waals surface area contributed by atoms with Crippen molar-refractivity contribution in [3.63, 3.8) is 0 Å². The summed E-state index contributed by atoms with van der Waals surface area (Å²) < 4.78 is 45.9. The van der Waals surface area contributed by atoms with Crippen molar-refractivity contribution < 1.29 is 27.5 Å². The van der Waals surface area contributed by atoms with Crippen LogP contribution in [0.2, 0.25) is 0 Å². The molecule has 0 saturated heterocycles. The minimum absolute atomic E-state index is 0.0714. The Morgan fingerprint density at radius 3 is 2.43 bits per heavy atom. The summed E-state index contributed by atoms with van der Waals surface area (Å²) >= 11 is 1.12. The Kier molecular flexibility index (Phi) is 7.02. The Labute approximate surface area is 176 Å². The van der Waals surface area contributed by atoms with E-state index in [0.29, 0.717) is 9.78 Å². The molecule has 1 fully saturated rings. The van der Waals surface area contributed by atoms with E-state index < -0.39 is 24.0 Å². The third-order valence-electron chi connectivity index (χ3n) is 5.08. The van der Waals surface area contributed by atoms with Crippen LogP contribution in [-0.2, 0) is 9.59 Å². The number of para-hydroxylation sites is 2. The van der Waals surface area contributed by atoms with Gasteiger partial charge >= 0.3 is 12.1 Å². The van der Waals surface area contributed by atoms with Crippen molar-refractivity contribution in [2.75, 3.05) is 12.0 Å². The highest BCUT2D eigenvalue weighted by atomic mass is 32.1. The number of benzene rings is 1. The van der Waals surface area contributed by atoms with Gasteiger partial charge in [-0.15, -0.1) is 11.3 Å². The standard InChI is InChI=1S/C21H23F3N2O3S/c1-29-16-11-6-5-10-15(16)26(20(28)21(22,23)24)18(17-12-7-13-30-17)19(27)25-14-8-3-2-4-9-14/h5-7,10-14,18H,2-4,8-9H2,1H3,(H,25,27). The average Bonchev–Trinajstić information content (AvgIpc) is 3.25. The first kappa shape index (κ1) is 22.1. The molecule has 2 aromatic rings. The van der Waals surface area contributed by atoms with Gasteiger partial charge in [0.2, 0.25) is 5.91 Å². The highest BCUT2D eigenvalue weighted by Gasteiger charge is 2.48. The molecule has 1 aliphatic carbocycles. The predicted molar refractivity (Wildman–Crippen MR) is 109 cm³/mol. The van der Waals surface area contributed by atoms with Crippen LogP contribution in [0, 0.1) is 0 Å². The molecule has 1 aliphatic rings. The number of carbonyl (C=O) groups excluding carboxylic acids is 2. The molecule has 0 radical (unpaired) electrons. The second-order valence-corrected chi connectivity index (χ2v) is 8.09. The number of hydrogen-bond acceptors (Lipinski definition) is 4. The summed E-state index contributed by atoms with van der Waals surface area (Å²) in [6, 6.07) is 7.50. The van der Waals surface area contributed by atoms with Crippen molar-refractivity contribution in [3.05, 3.63) is 46.7 Å². The Balaban J connectivity index is 2.07. The molecule has 0 aliphatic heterocycles. The van der Waals surface area contributed by atoms with Gasteiger partial charge in [0, 0.05) is 10.9 Å². The average molecular weight is 440 g/mol. The van der Waals surface area contributed by atoms with E-state index >= 15 is 0 Å². The number of carbonyl (C=O) groups is 2. The lowest BCUT2D eigenvalue weighted by molar-refractivity contribution is -0.171. The quantitative estimate of drug-likeness (QED) is 0.699. The maximum Gasteiger partial charge on any atom is 0.471 e. The molecule has 5 nitrogen and oxygen atoms in total. The normalized spacial score (nSPS) is 16.0. The first-order valence-electron chi connectivity index (χ1n) is 9.70. The van der Waals surface area contributed by atoms with Gasteiger partial charge < -0.3 is 10.1 Å². The summed E-state index contributed by atoms with van der Waals surface area (Å²) in [5.74, 6) is -2.68. The van der Waals surface area contributed by atoms with Gasteiger partial charge in [0.05, 0.1) is 12.8 Å². The number of alkyl halides is 3. The Morgan fingerprint density at radius 1 is 1.13 bits per heavy atom. The molecule has 1 atom stereocenters. The van der Waals surface area contributed by atoms with Crippen LogP contribution in [0.1, 0.15) is 43.0 Å². The summed E-state index contributed by atoms with van der Waals surface area (Å²) in [6.07, 6.45) is -0.656. The molecule has 9 heteroatoms. The number of ether oxygens (including phenoxy) is 1. The molecule has 30 heavy (non-hydrogen) atoms. The van der Waals surface area contributed by atoms with Gasteiger partial charge in [0.25, 0.3) is 0 Å². The number of amides is 2. The number of halogens is 3. The van der Waals surface area contributed by atoms with E-state index in [2.05, 4.69) is 5.32 Å². The van der Waals surface area contributed by atoms with Crippen LogP contribution in [0.3, 0.4) is 0 Å². The van der Waals surface area contributed by atoms with Gasteiger partial charge in [-0.25, -0.2) is 0 Å². The van der Waals surface area contributed by atoms with E-state index in [1.54, 1.807) is 23.6 Å². The molecule has 3 rings (SSSR count). The minimum atomic E-state index is -5.17. The number of hydrogen-bond donors (Lipinski definition) is 1. The lowest BCUT2D eigenvalue weighted by atomic mass is 9.95. The monoisotopic (exact) mass is 440 g/mol. The van der Waals surface area contributed by atoms with Crippen molar-refractivity contribution in [2.45, 2.75) is 50.4 Å². The topological polar surface area (TPSA) is 58.6 Å². The van der Waals surface area contributed by atoms with Crippen LogP contribution in [0.15, 0.2) is 41.8 Å². The minimum Gasteiger partial charge on any atom is -0.495 e. The summed E-state index contributed by atoms with van der Waals surface area (Å²) in [5.41, 5.74) is -0.112. The number of nitrogens with zero attached hydrogens (tertiary/aromatic N) is 1. The first-order chi connectivity index (χ1) is 14.3. The van der Waals surface area contributed by atoms with Crippen LogP contribution in [0.25, 0.3) is 0 Å². The highest BCUT2D eigenvalue weighted by molar-refractivity contribution is 7.10. The summed E-state index contributed by atoms with van der Waals surface area (Å²) in [6.45, 7) is 0. The van der Waals surface area contributed by atoms with Crippen LogP contribution in [0.4, 0.5) is 18.9 Å². The second-order valence-electron chi connectivity index (χ2n) is 7.11. The van der Waals surface area contributed by atoms with Crippen LogP contribution in [0.5, 0.6) is 5.75 Å². The van der Waals surface area contributed by atoms with Crippen molar-refractivity contribution in [3.8, 4) is 5.75 Å². The Hall–Kier alpha value is -2.55. The molecular weight excluding hydrogens is 417 g/mol. The number of thiophene rings is 1. The smallest absolute Gasteiger partial charge is 0.471 e. The molecular formula is C21H23F3N2O3S. The van der Waals surface area contributed by atoms with Crippen LogP contribution < -0.4 is 15.0 Å². The van der Waals surface area contributed by atoms with Crippen LogP contribution in [-0.4, -0.2) is 31.1 Å². The van der Waals surface area contributed by atoms with Gasteiger partial charge in [-0.2, -0.15) is 13.2 Å². The Bertz CT molecular complexity index is 865. The lowest BCUT2D eigenvalue weighted by Crippen LogP contribution is -2.50. The van der Waals surface area contributed by atoms with E-state index in [4.69, 9.17) is 4.74 Å². The largest absolute Gasteiger partial charge is 0.495 e. The zero-order chi connectivity index (χ0) is 21.7. The van der Waals surface area contributed by atoms with E-state index in [1.165, 1.54) is 25.3 Å². The maximum atomic E-state index is 13.6. The molecule has 1 aromatic heterocycles. The molecule has 0 spiro atoms. The van der Waals surface area contributed by atoms with E-state index in [9.17, 15) is 22.8 Å². The first-order valence-corrected chi connectivity index (χ1v) is 10.6. The molecule has 1 unspecified atom stereocenters. The van der Waals surface area contributed by atoms with Gasteiger partial charge in [0.15, 0.2) is 6.04 Å². The fraction of sp³-hybridized carbons (Fsp3) is 0.429. The van der Waals surface area contributed by atoms with Crippen molar-refractivity contribution in [2.24, 2.45) is 0 Å². The van der Waals surface area contributed by atoms with Gasteiger partial charge in [-0.3, -0.25) is 14.5 Å². The highest BCUT2D eigenvalue weighted by Crippen LogP contribution is 2.39. The zero-order valence-electron chi connectivity index (χ0n) is 16.4. The van der Waals surface area contributed by atoms with E-state index in [0.717, 1.165) is 43.4 Å². The fourth-order valence-corrected chi connectivity index (χ4v) is 4.49. The van der Waals surface area contributed by atoms with E-state index in [-0.39, 0.29) is 17.5 Å². The molecule has 1 saturated carbocycles. The summed E-state index contributed by atoms with van der Waals surface area (Å²) in [5, 5.41) is 4.53. The van der Waals surface area contributed by atoms with E-state index in [1.807, 2.05) is 0 Å². The van der Waals surface area contributed by atoms with Crippen LogP contribution >= 0.6 is 11.3 Å². The molecule has 1 aromatic carbocycles. The number of nitrogens with one attached hydrogen (secondary N) is 1. The fourth-order valence-electron chi connectivity index (χ4n) is 3.68. The molecule has 0 bridgehead atoms. The second kappa shape index (κ2) is 9.51. The SMILES string of the molecule is COc1ccccc1N(C(=O)C(F)(F)F)C(C(=O)NC1CCCCC1)c1cccs1. The molecule has 2 amide bonds. The predicted octanol–water partition coefficient (Wildman–Crippen LogP) is 4.84. The Morgan fingerprint density at radius 2 is 1.83 bits per heavy atom. The maximum absolute atomic E-state index is 13.6. The van der Waals surface area contributed by atoms with Gasteiger partial charge in [-0.1, -0.05) is 37.5 Å². The number of methoxy groups -OCH3 is 1. The third kappa shape index (κ3) is 4.95. The number of anilines is 1. The summed E-state index contributed by atoms with van der Waals surface area (Å²) in [4.78, 5) is 26.6. The van der Waals surface area contributed by atoms with Crippen molar-refractivity contribution >= 4 is 28.8 Å². The molecule has 1 N–H and O–H groups in total. The molecule has 162 valence electrons. The van der Waals surface area contributed by atoms with Crippen molar-refractivity contribution in [1.82, 2.24) is 5.32 Å². The lowest BCUT2D eigenvalue weighted by Gasteiger charge is -2.33. The zero-order valence-corrected chi connectivity index (χ0v) is 17.3. The number of rotatable bonds is 6. The molecule has 1 heterocycles. The van der Waals surface area contributed by atoms with Gasteiger partial charge in [0.1, 0.15) is 5.75 Å². The summed E-state index contributed by atoms with van der Waals surface area (Å²) in [7, 11) is 1.30. The van der Waals surface area contributed by atoms with Gasteiger partial charge in [-0.05, 0) is 36.4 Å². The van der Waals surface area contributed by atoms with Crippen molar-refractivity contribution in [1.29, 1.82) is 0 Å². The third-order valence-corrected chi connectivity index (χ3v) is 6.00.